The van der Waals surface area contributed by atoms with Gasteiger partial charge in [-0.05, 0) is 5.56 Å². The Morgan fingerprint density at radius 1 is 1.19 bits per heavy atom. The summed E-state index contributed by atoms with van der Waals surface area (Å²) in [6, 6.07) is 10.6. The molecule has 0 amide bonds. The Balaban J connectivity index is 1.94. The van der Waals surface area contributed by atoms with Crippen LogP contribution in [0.4, 0.5) is 0 Å². The average Bonchev–Trinajstić information content (AvgIpc) is 2.38. The number of nitrogens with two attached hydrogens (primary N) is 1. The molecule has 0 bridgehead atoms. The lowest BCUT2D eigenvalue weighted by Crippen LogP contribution is -2.45. The van der Waals surface area contributed by atoms with Crippen LogP contribution in [-0.4, -0.2) is 44.2 Å². The highest BCUT2D eigenvalue weighted by Gasteiger charge is 2.16. The van der Waals surface area contributed by atoms with E-state index in [4.69, 9.17) is 5.73 Å². The van der Waals surface area contributed by atoms with Crippen molar-refractivity contribution in [1.82, 2.24) is 10.2 Å². The first-order chi connectivity index (χ1) is 7.90. The highest BCUT2D eigenvalue weighted by molar-refractivity contribution is 5.20. The highest BCUT2D eigenvalue weighted by atomic mass is 15.2. The summed E-state index contributed by atoms with van der Waals surface area (Å²) in [5, 5.41) is 3.37. The molecule has 0 saturated carbocycles. The van der Waals surface area contributed by atoms with E-state index >= 15 is 0 Å². The molecule has 1 unspecified atom stereocenters. The molecule has 3 heteroatoms. The lowest BCUT2D eigenvalue weighted by molar-refractivity contribution is 0.228. The van der Waals surface area contributed by atoms with E-state index in [1.165, 1.54) is 5.56 Å². The lowest BCUT2D eigenvalue weighted by Gasteiger charge is -2.30. The molecule has 3 nitrogen and oxygen atoms in total. The summed E-state index contributed by atoms with van der Waals surface area (Å²) >= 11 is 0. The molecule has 88 valence electrons. The van der Waals surface area contributed by atoms with Crippen molar-refractivity contribution in [3.8, 4) is 0 Å². The molecule has 1 aromatic carbocycles. The molecule has 16 heavy (non-hydrogen) atoms. The maximum atomic E-state index is 5.88. The van der Waals surface area contributed by atoms with Crippen molar-refractivity contribution < 1.29 is 0 Å². The maximum Gasteiger partial charge on any atom is 0.0108 e. The SMILES string of the molecule is NCC(CN1CCNCC1)c1ccccc1. The summed E-state index contributed by atoms with van der Waals surface area (Å²) in [6.45, 7) is 6.31. The Morgan fingerprint density at radius 3 is 2.50 bits per heavy atom. The Kier molecular flexibility index (Phi) is 4.34. The molecule has 1 heterocycles. The predicted molar refractivity (Wildman–Crippen MR) is 67.5 cm³/mol. The Morgan fingerprint density at radius 2 is 1.88 bits per heavy atom. The molecule has 1 fully saturated rings. The third-order valence-electron chi connectivity index (χ3n) is 3.24. The van der Waals surface area contributed by atoms with Crippen molar-refractivity contribution in [3.05, 3.63) is 35.9 Å². The minimum Gasteiger partial charge on any atom is -0.330 e. The first-order valence-electron chi connectivity index (χ1n) is 6.08. The van der Waals surface area contributed by atoms with Crippen LogP contribution in [0.2, 0.25) is 0 Å². The topological polar surface area (TPSA) is 41.3 Å². The van der Waals surface area contributed by atoms with Gasteiger partial charge in [-0.3, -0.25) is 0 Å². The van der Waals surface area contributed by atoms with Crippen LogP contribution in [0.25, 0.3) is 0 Å². The van der Waals surface area contributed by atoms with Gasteiger partial charge in [-0.2, -0.15) is 0 Å². The van der Waals surface area contributed by atoms with E-state index in [9.17, 15) is 0 Å². The van der Waals surface area contributed by atoms with Gasteiger partial charge in [0.2, 0.25) is 0 Å². The van der Waals surface area contributed by atoms with Crippen LogP contribution in [0.15, 0.2) is 30.3 Å². The molecule has 1 saturated heterocycles. The third-order valence-corrected chi connectivity index (χ3v) is 3.24. The van der Waals surface area contributed by atoms with Gasteiger partial charge in [0.1, 0.15) is 0 Å². The van der Waals surface area contributed by atoms with Gasteiger partial charge in [0, 0.05) is 45.2 Å². The van der Waals surface area contributed by atoms with Crippen molar-refractivity contribution in [2.24, 2.45) is 5.73 Å². The summed E-state index contributed by atoms with van der Waals surface area (Å²) in [6.07, 6.45) is 0. The second-order valence-corrected chi connectivity index (χ2v) is 4.39. The third kappa shape index (κ3) is 3.04. The second kappa shape index (κ2) is 5.99. The van der Waals surface area contributed by atoms with Crippen molar-refractivity contribution in [1.29, 1.82) is 0 Å². The molecular formula is C13H21N3. The predicted octanol–water partition coefficient (Wildman–Crippen LogP) is 0.634. The van der Waals surface area contributed by atoms with Crippen LogP contribution in [-0.2, 0) is 0 Å². The molecule has 1 aliphatic rings. The number of hydrogen-bond acceptors (Lipinski definition) is 3. The van der Waals surface area contributed by atoms with Gasteiger partial charge < -0.3 is 16.0 Å². The molecule has 2 rings (SSSR count). The molecule has 0 radical (unpaired) electrons. The van der Waals surface area contributed by atoms with E-state index in [0.717, 1.165) is 39.3 Å². The molecule has 0 spiro atoms. The van der Waals surface area contributed by atoms with Crippen LogP contribution in [0, 0.1) is 0 Å². The molecule has 1 atom stereocenters. The summed E-state index contributed by atoms with van der Waals surface area (Å²) in [4.78, 5) is 2.50. The molecule has 3 N–H and O–H groups in total. The van der Waals surface area contributed by atoms with Crippen LogP contribution < -0.4 is 11.1 Å². The zero-order valence-electron chi connectivity index (χ0n) is 9.73. The van der Waals surface area contributed by atoms with Crippen molar-refractivity contribution in [3.63, 3.8) is 0 Å². The van der Waals surface area contributed by atoms with E-state index in [0.29, 0.717) is 5.92 Å². The molecule has 0 aliphatic carbocycles. The quantitative estimate of drug-likeness (QED) is 0.780. The Labute approximate surface area is 97.6 Å². The van der Waals surface area contributed by atoms with Gasteiger partial charge in [0.05, 0.1) is 0 Å². The number of nitrogens with one attached hydrogen (secondary N) is 1. The van der Waals surface area contributed by atoms with Crippen molar-refractivity contribution >= 4 is 0 Å². The smallest absolute Gasteiger partial charge is 0.0108 e. The van der Waals surface area contributed by atoms with E-state index < -0.39 is 0 Å². The Hall–Kier alpha value is -0.900. The van der Waals surface area contributed by atoms with Gasteiger partial charge in [-0.25, -0.2) is 0 Å². The minimum absolute atomic E-state index is 0.472. The number of piperazine rings is 1. The summed E-state index contributed by atoms with van der Waals surface area (Å²) in [5.41, 5.74) is 7.24. The first kappa shape index (κ1) is 11.6. The van der Waals surface area contributed by atoms with E-state index in [-0.39, 0.29) is 0 Å². The molecular weight excluding hydrogens is 198 g/mol. The minimum atomic E-state index is 0.472. The van der Waals surface area contributed by atoms with Gasteiger partial charge in [-0.15, -0.1) is 0 Å². The monoisotopic (exact) mass is 219 g/mol. The number of hydrogen-bond donors (Lipinski definition) is 2. The fourth-order valence-electron chi connectivity index (χ4n) is 2.25. The molecule has 1 aromatic rings. The van der Waals surface area contributed by atoms with Crippen LogP contribution in [0.1, 0.15) is 11.5 Å². The fraction of sp³-hybridized carbons (Fsp3) is 0.538. The summed E-state index contributed by atoms with van der Waals surface area (Å²) in [5.74, 6) is 0.472. The lowest BCUT2D eigenvalue weighted by atomic mass is 9.98. The molecule has 0 aromatic heterocycles. The van der Waals surface area contributed by atoms with E-state index in [2.05, 4.69) is 40.5 Å². The number of nitrogens with zero attached hydrogens (tertiary/aromatic N) is 1. The number of benzene rings is 1. The molecule has 1 aliphatic heterocycles. The number of rotatable bonds is 4. The second-order valence-electron chi connectivity index (χ2n) is 4.39. The van der Waals surface area contributed by atoms with Crippen molar-refractivity contribution in [2.75, 3.05) is 39.3 Å². The fourth-order valence-corrected chi connectivity index (χ4v) is 2.25. The van der Waals surface area contributed by atoms with Crippen LogP contribution in [0.5, 0.6) is 0 Å². The van der Waals surface area contributed by atoms with Crippen molar-refractivity contribution in [2.45, 2.75) is 5.92 Å². The van der Waals surface area contributed by atoms with E-state index in [1.54, 1.807) is 0 Å². The van der Waals surface area contributed by atoms with Gasteiger partial charge >= 0.3 is 0 Å². The summed E-state index contributed by atoms with van der Waals surface area (Å²) < 4.78 is 0. The summed E-state index contributed by atoms with van der Waals surface area (Å²) in [7, 11) is 0. The maximum absolute atomic E-state index is 5.88. The normalized spacial score (nSPS) is 19.6. The van der Waals surface area contributed by atoms with Gasteiger partial charge in [0.25, 0.3) is 0 Å². The van der Waals surface area contributed by atoms with Crippen LogP contribution >= 0.6 is 0 Å². The highest BCUT2D eigenvalue weighted by Crippen LogP contribution is 2.15. The van der Waals surface area contributed by atoms with E-state index in [1.807, 2.05) is 0 Å². The van der Waals surface area contributed by atoms with Gasteiger partial charge in [0.15, 0.2) is 0 Å². The largest absolute Gasteiger partial charge is 0.330 e. The zero-order chi connectivity index (χ0) is 11.2. The standard InChI is InChI=1S/C13H21N3/c14-10-13(12-4-2-1-3-5-12)11-16-8-6-15-7-9-16/h1-5,13,15H,6-11,14H2. The van der Waals surface area contributed by atoms with Gasteiger partial charge in [-0.1, -0.05) is 30.3 Å². The average molecular weight is 219 g/mol. The Bertz CT molecular complexity index is 293. The van der Waals surface area contributed by atoms with Crippen LogP contribution in [0.3, 0.4) is 0 Å². The first-order valence-corrected chi connectivity index (χ1v) is 6.08. The zero-order valence-corrected chi connectivity index (χ0v) is 9.73.